The topological polar surface area (TPSA) is 32.3 Å². The molecule has 0 bridgehead atoms. The molecule has 1 aliphatic rings. The van der Waals surface area contributed by atoms with E-state index in [2.05, 4.69) is 36.5 Å². The average Bonchev–Trinajstić information content (AvgIpc) is 2.14. The van der Waals surface area contributed by atoms with Crippen molar-refractivity contribution in [3.63, 3.8) is 0 Å². The first-order chi connectivity index (χ1) is 6.83. The van der Waals surface area contributed by atoms with Gasteiger partial charge in [-0.15, -0.1) is 0 Å². The van der Waals surface area contributed by atoms with Gasteiger partial charge in [0.25, 0.3) is 0 Å². The van der Waals surface area contributed by atoms with Crippen LogP contribution in [0.2, 0.25) is 0 Å². The number of aliphatic hydroxyl groups is 1. The van der Waals surface area contributed by atoms with Crippen LogP contribution in [0.1, 0.15) is 19.8 Å². The Kier molecular flexibility index (Phi) is 5.27. The van der Waals surface area contributed by atoms with Crippen LogP contribution >= 0.6 is 0 Å². The lowest BCUT2D eigenvalue weighted by Gasteiger charge is -2.08. The van der Waals surface area contributed by atoms with Crippen LogP contribution < -0.4 is 5.32 Å². The third-order valence-corrected chi connectivity index (χ3v) is 2.26. The second-order valence-electron chi connectivity index (χ2n) is 3.57. The summed E-state index contributed by atoms with van der Waals surface area (Å²) in [6.45, 7) is 3.90. The van der Waals surface area contributed by atoms with Crippen molar-refractivity contribution in [2.45, 2.75) is 19.8 Å². The molecule has 0 heterocycles. The molecule has 2 N–H and O–H groups in total. The zero-order valence-electron chi connectivity index (χ0n) is 8.79. The second kappa shape index (κ2) is 6.57. The Morgan fingerprint density at radius 2 is 2.36 bits per heavy atom. The summed E-state index contributed by atoms with van der Waals surface area (Å²) in [6, 6.07) is 0. The van der Waals surface area contributed by atoms with Gasteiger partial charge in [-0.3, -0.25) is 0 Å². The fourth-order valence-corrected chi connectivity index (χ4v) is 1.45. The van der Waals surface area contributed by atoms with Crippen LogP contribution in [0, 0.1) is 0 Å². The third kappa shape index (κ3) is 4.40. The molecule has 0 aromatic rings. The summed E-state index contributed by atoms with van der Waals surface area (Å²) in [5.41, 5.74) is 2.74. The van der Waals surface area contributed by atoms with Gasteiger partial charge in [0.1, 0.15) is 0 Å². The molecular weight excluding hydrogens is 174 g/mol. The molecule has 14 heavy (non-hydrogen) atoms. The van der Waals surface area contributed by atoms with Crippen molar-refractivity contribution in [1.29, 1.82) is 0 Å². The first kappa shape index (κ1) is 11.2. The summed E-state index contributed by atoms with van der Waals surface area (Å²) in [4.78, 5) is 0. The van der Waals surface area contributed by atoms with E-state index < -0.39 is 0 Å². The second-order valence-corrected chi connectivity index (χ2v) is 3.57. The molecule has 1 rings (SSSR count). The quantitative estimate of drug-likeness (QED) is 0.667. The minimum absolute atomic E-state index is 0.210. The molecule has 0 amide bonds. The summed E-state index contributed by atoms with van der Waals surface area (Å²) in [6.07, 6.45) is 10.9. The molecule has 0 fully saturated rings. The van der Waals surface area contributed by atoms with Crippen LogP contribution in [-0.2, 0) is 0 Å². The fourth-order valence-electron chi connectivity index (χ4n) is 1.45. The lowest BCUT2D eigenvalue weighted by Crippen LogP contribution is -2.20. The van der Waals surface area contributed by atoms with Gasteiger partial charge in [-0.05, 0) is 19.8 Å². The summed E-state index contributed by atoms with van der Waals surface area (Å²) in [7, 11) is 0. The van der Waals surface area contributed by atoms with Gasteiger partial charge >= 0.3 is 0 Å². The maximum Gasteiger partial charge on any atom is 0.0556 e. The van der Waals surface area contributed by atoms with Gasteiger partial charge in [0.2, 0.25) is 0 Å². The largest absolute Gasteiger partial charge is 0.395 e. The van der Waals surface area contributed by atoms with Crippen LogP contribution in [0.3, 0.4) is 0 Å². The van der Waals surface area contributed by atoms with Gasteiger partial charge in [-0.2, -0.15) is 0 Å². The highest BCUT2D eigenvalue weighted by atomic mass is 16.3. The molecule has 0 aromatic heterocycles. The van der Waals surface area contributed by atoms with E-state index in [0.29, 0.717) is 6.54 Å². The molecule has 0 aromatic carbocycles. The SMILES string of the molecule is CC1=CCC/C(CNCCO)=C/C=C1. The number of hydrogen-bond donors (Lipinski definition) is 2. The standard InChI is InChI=1S/C12H19NO/c1-11-4-2-6-12(7-3-5-11)10-13-8-9-14/h2,4-6,13-14H,3,7-10H2,1H3/b4-2?,11-5?,12-6-. The molecule has 2 heteroatoms. The Morgan fingerprint density at radius 1 is 1.50 bits per heavy atom. The number of allylic oxidation sites excluding steroid dienone is 5. The molecule has 1 aliphatic carbocycles. The van der Waals surface area contributed by atoms with E-state index in [1.807, 2.05) is 0 Å². The zero-order valence-corrected chi connectivity index (χ0v) is 8.79. The molecule has 2 nitrogen and oxygen atoms in total. The van der Waals surface area contributed by atoms with E-state index in [4.69, 9.17) is 5.11 Å². The Bertz CT molecular complexity index is 251. The molecule has 0 unspecified atom stereocenters. The summed E-state index contributed by atoms with van der Waals surface area (Å²) in [5, 5.41) is 11.8. The third-order valence-electron chi connectivity index (χ3n) is 2.26. The lowest BCUT2D eigenvalue weighted by molar-refractivity contribution is 0.294. The molecular formula is C12H19NO. The molecule has 0 saturated heterocycles. The fraction of sp³-hybridized carbons (Fsp3) is 0.500. The van der Waals surface area contributed by atoms with Gasteiger partial charge < -0.3 is 10.4 Å². The minimum atomic E-state index is 0.210. The van der Waals surface area contributed by atoms with Crippen molar-refractivity contribution in [3.8, 4) is 0 Å². The van der Waals surface area contributed by atoms with E-state index >= 15 is 0 Å². The first-order valence-corrected chi connectivity index (χ1v) is 5.17. The van der Waals surface area contributed by atoms with Crippen molar-refractivity contribution in [2.24, 2.45) is 0 Å². The maximum absolute atomic E-state index is 8.63. The number of hydrogen-bond acceptors (Lipinski definition) is 2. The summed E-state index contributed by atoms with van der Waals surface area (Å²) >= 11 is 0. The summed E-state index contributed by atoms with van der Waals surface area (Å²) in [5.74, 6) is 0. The Balaban J connectivity index is 2.39. The molecule has 0 spiro atoms. The summed E-state index contributed by atoms with van der Waals surface area (Å²) < 4.78 is 0. The number of aliphatic hydroxyl groups excluding tert-OH is 1. The maximum atomic E-state index is 8.63. The smallest absolute Gasteiger partial charge is 0.0556 e. The van der Waals surface area contributed by atoms with Crippen LogP contribution in [-0.4, -0.2) is 24.8 Å². The Labute approximate surface area is 86.0 Å². The highest BCUT2D eigenvalue weighted by Crippen LogP contribution is 2.11. The monoisotopic (exact) mass is 193 g/mol. The molecule has 0 aliphatic heterocycles. The molecule has 0 atom stereocenters. The van der Waals surface area contributed by atoms with Crippen LogP contribution in [0.4, 0.5) is 0 Å². The Hall–Kier alpha value is -0.860. The van der Waals surface area contributed by atoms with E-state index in [9.17, 15) is 0 Å². The van der Waals surface area contributed by atoms with E-state index in [1.54, 1.807) is 0 Å². The number of nitrogens with one attached hydrogen (secondary N) is 1. The van der Waals surface area contributed by atoms with Gasteiger partial charge in [-0.25, -0.2) is 0 Å². The molecule has 0 saturated carbocycles. The van der Waals surface area contributed by atoms with Crippen LogP contribution in [0.5, 0.6) is 0 Å². The predicted octanol–water partition coefficient (Wildman–Crippen LogP) is 1.79. The molecule has 0 radical (unpaired) electrons. The van der Waals surface area contributed by atoms with Crippen molar-refractivity contribution in [1.82, 2.24) is 5.32 Å². The lowest BCUT2D eigenvalue weighted by atomic mass is 10.1. The van der Waals surface area contributed by atoms with Gasteiger partial charge in [0, 0.05) is 13.1 Å². The normalized spacial score (nSPS) is 20.7. The van der Waals surface area contributed by atoms with Crippen LogP contribution in [0.25, 0.3) is 0 Å². The van der Waals surface area contributed by atoms with Crippen molar-refractivity contribution in [2.75, 3.05) is 19.7 Å². The predicted molar refractivity (Wildman–Crippen MR) is 60.2 cm³/mol. The van der Waals surface area contributed by atoms with E-state index in [-0.39, 0.29) is 6.61 Å². The van der Waals surface area contributed by atoms with Crippen molar-refractivity contribution < 1.29 is 5.11 Å². The van der Waals surface area contributed by atoms with E-state index in [0.717, 1.165) is 19.4 Å². The van der Waals surface area contributed by atoms with Crippen molar-refractivity contribution in [3.05, 3.63) is 35.5 Å². The molecule has 78 valence electrons. The highest BCUT2D eigenvalue weighted by molar-refractivity contribution is 5.25. The van der Waals surface area contributed by atoms with Gasteiger partial charge in [0.15, 0.2) is 0 Å². The van der Waals surface area contributed by atoms with Crippen molar-refractivity contribution >= 4 is 0 Å². The highest BCUT2D eigenvalue weighted by Gasteiger charge is 1.97. The average molecular weight is 193 g/mol. The number of rotatable bonds is 4. The van der Waals surface area contributed by atoms with E-state index in [1.165, 1.54) is 11.1 Å². The Morgan fingerprint density at radius 3 is 3.14 bits per heavy atom. The minimum Gasteiger partial charge on any atom is -0.395 e. The zero-order chi connectivity index (χ0) is 10.2. The van der Waals surface area contributed by atoms with Gasteiger partial charge in [-0.1, -0.05) is 35.5 Å². The first-order valence-electron chi connectivity index (χ1n) is 5.17. The van der Waals surface area contributed by atoms with Crippen LogP contribution in [0.15, 0.2) is 35.5 Å². The van der Waals surface area contributed by atoms with Gasteiger partial charge in [0.05, 0.1) is 6.61 Å².